The number of piperazine rings is 1. The van der Waals surface area contributed by atoms with E-state index in [9.17, 15) is 0 Å². The largest absolute Gasteiger partial charge is 0.491 e. The first-order valence-corrected chi connectivity index (χ1v) is 9.96. The lowest BCUT2D eigenvalue weighted by molar-refractivity contribution is 0.242. The van der Waals surface area contributed by atoms with Gasteiger partial charge >= 0.3 is 0 Å². The quantitative estimate of drug-likeness (QED) is 0.366. The number of rotatable bonds is 6. The SMILES string of the molecule is CCNC(=NCc1ccc(OC(C)C)cc1)N1CCN(c2ncccn2)CC1.I. The van der Waals surface area contributed by atoms with Gasteiger partial charge in [-0.05, 0) is 44.5 Å². The molecule has 1 aliphatic heterocycles. The Morgan fingerprint density at radius 3 is 2.34 bits per heavy atom. The van der Waals surface area contributed by atoms with Crippen LogP contribution in [-0.4, -0.2) is 59.7 Å². The molecule has 1 aliphatic rings. The van der Waals surface area contributed by atoms with E-state index in [0.29, 0.717) is 6.54 Å². The summed E-state index contributed by atoms with van der Waals surface area (Å²) >= 11 is 0. The van der Waals surface area contributed by atoms with Gasteiger partial charge < -0.3 is 19.9 Å². The van der Waals surface area contributed by atoms with E-state index in [1.54, 1.807) is 12.4 Å². The van der Waals surface area contributed by atoms with Crippen LogP contribution >= 0.6 is 24.0 Å². The van der Waals surface area contributed by atoms with Crippen LogP contribution in [0.5, 0.6) is 5.75 Å². The predicted molar refractivity (Wildman–Crippen MR) is 128 cm³/mol. The summed E-state index contributed by atoms with van der Waals surface area (Å²) in [5.74, 6) is 2.65. The molecule has 7 nitrogen and oxygen atoms in total. The lowest BCUT2D eigenvalue weighted by Crippen LogP contribution is -2.52. The van der Waals surface area contributed by atoms with Crippen molar-refractivity contribution < 1.29 is 4.74 Å². The number of nitrogens with one attached hydrogen (secondary N) is 1. The number of guanidine groups is 1. The summed E-state index contributed by atoms with van der Waals surface area (Å²) in [5.41, 5.74) is 1.17. The predicted octanol–water partition coefficient (Wildman–Crippen LogP) is 3.17. The van der Waals surface area contributed by atoms with Crippen molar-refractivity contribution in [1.29, 1.82) is 0 Å². The number of nitrogens with zero attached hydrogens (tertiary/aromatic N) is 5. The molecule has 1 saturated heterocycles. The first-order valence-electron chi connectivity index (χ1n) is 9.96. The zero-order valence-electron chi connectivity index (χ0n) is 17.4. The molecule has 29 heavy (non-hydrogen) atoms. The van der Waals surface area contributed by atoms with E-state index in [1.807, 2.05) is 32.0 Å². The number of benzene rings is 1. The van der Waals surface area contributed by atoms with Gasteiger partial charge in [0.05, 0.1) is 12.6 Å². The van der Waals surface area contributed by atoms with Crippen molar-refractivity contribution in [3.63, 3.8) is 0 Å². The first kappa shape index (κ1) is 23.2. The Morgan fingerprint density at radius 1 is 1.10 bits per heavy atom. The minimum absolute atomic E-state index is 0. The number of aromatic nitrogens is 2. The van der Waals surface area contributed by atoms with Crippen LogP contribution in [0.4, 0.5) is 5.95 Å². The molecule has 0 bridgehead atoms. The van der Waals surface area contributed by atoms with E-state index in [2.05, 4.69) is 44.1 Å². The molecule has 0 spiro atoms. The van der Waals surface area contributed by atoms with Crippen molar-refractivity contribution in [3.8, 4) is 5.75 Å². The Balaban J connectivity index is 0.00000300. The summed E-state index contributed by atoms with van der Waals surface area (Å²) in [4.78, 5) is 18.1. The normalized spacial score (nSPS) is 14.6. The maximum absolute atomic E-state index is 5.70. The van der Waals surface area contributed by atoms with Gasteiger partial charge in [0.25, 0.3) is 0 Å². The van der Waals surface area contributed by atoms with Crippen molar-refractivity contribution in [2.45, 2.75) is 33.4 Å². The number of hydrogen-bond donors (Lipinski definition) is 1. The highest BCUT2D eigenvalue weighted by atomic mass is 127. The Kier molecular flexibility index (Phi) is 9.43. The molecule has 158 valence electrons. The van der Waals surface area contributed by atoms with E-state index >= 15 is 0 Å². The minimum atomic E-state index is 0. The van der Waals surface area contributed by atoms with Gasteiger partial charge in [0, 0.05) is 45.1 Å². The molecule has 0 aliphatic carbocycles. The highest BCUT2D eigenvalue weighted by Gasteiger charge is 2.21. The molecule has 0 amide bonds. The van der Waals surface area contributed by atoms with Gasteiger partial charge in [0.15, 0.2) is 5.96 Å². The average Bonchev–Trinajstić information content (AvgIpc) is 2.73. The molecule has 0 saturated carbocycles. The van der Waals surface area contributed by atoms with Gasteiger partial charge in [0.1, 0.15) is 5.75 Å². The Hall–Kier alpha value is -2.10. The van der Waals surface area contributed by atoms with Crippen LogP contribution in [0.2, 0.25) is 0 Å². The third kappa shape index (κ3) is 7.02. The van der Waals surface area contributed by atoms with Gasteiger partial charge in [-0.3, -0.25) is 0 Å². The number of aliphatic imine (C=N–C) groups is 1. The van der Waals surface area contributed by atoms with E-state index < -0.39 is 0 Å². The summed E-state index contributed by atoms with van der Waals surface area (Å²) in [6, 6.07) is 10.0. The molecule has 2 heterocycles. The average molecular weight is 510 g/mol. The Morgan fingerprint density at radius 2 is 1.76 bits per heavy atom. The van der Waals surface area contributed by atoms with E-state index in [0.717, 1.165) is 50.4 Å². The zero-order chi connectivity index (χ0) is 19.8. The zero-order valence-corrected chi connectivity index (χ0v) is 19.7. The van der Waals surface area contributed by atoms with Gasteiger partial charge in [-0.2, -0.15) is 0 Å². The second kappa shape index (κ2) is 11.8. The standard InChI is InChI=1S/C21H30N6O.HI/c1-4-22-20(25-16-18-6-8-19(9-7-18)28-17(2)3)26-12-14-27(15-13-26)21-23-10-5-11-24-21;/h5-11,17H,4,12-16H2,1-3H3,(H,22,25);1H. The highest BCUT2D eigenvalue weighted by molar-refractivity contribution is 14.0. The molecule has 1 N–H and O–H groups in total. The summed E-state index contributed by atoms with van der Waals surface area (Å²) < 4.78 is 5.70. The smallest absolute Gasteiger partial charge is 0.225 e. The van der Waals surface area contributed by atoms with Crippen molar-refractivity contribution in [1.82, 2.24) is 20.2 Å². The molecule has 0 unspecified atom stereocenters. The van der Waals surface area contributed by atoms with Crippen LogP contribution < -0.4 is 15.0 Å². The van der Waals surface area contributed by atoms with Crippen LogP contribution in [0.15, 0.2) is 47.7 Å². The van der Waals surface area contributed by atoms with Crippen LogP contribution in [0.3, 0.4) is 0 Å². The van der Waals surface area contributed by atoms with Gasteiger partial charge in [-0.15, -0.1) is 24.0 Å². The summed E-state index contributed by atoms with van der Waals surface area (Å²) in [7, 11) is 0. The van der Waals surface area contributed by atoms with Crippen LogP contribution in [0.1, 0.15) is 26.3 Å². The number of ether oxygens (including phenoxy) is 1. The maximum atomic E-state index is 5.70. The molecule has 1 aromatic heterocycles. The van der Waals surface area contributed by atoms with Crippen LogP contribution in [0, 0.1) is 0 Å². The second-order valence-electron chi connectivity index (χ2n) is 7.00. The molecule has 1 fully saturated rings. The van der Waals surface area contributed by atoms with Gasteiger partial charge in [0.2, 0.25) is 5.95 Å². The third-order valence-electron chi connectivity index (χ3n) is 4.46. The molecular formula is C21H31IN6O. The number of hydrogen-bond acceptors (Lipinski definition) is 5. The molecular weight excluding hydrogens is 479 g/mol. The van der Waals surface area contributed by atoms with E-state index in [4.69, 9.17) is 9.73 Å². The lowest BCUT2D eigenvalue weighted by Gasteiger charge is -2.36. The number of halogens is 1. The topological polar surface area (TPSA) is 65.9 Å². The van der Waals surface area contributed by atoms with Crippen molar-refractivity contribution in [2.24, 2.45) is 4.99 Å². The molecule has 8 heteroatoms. The van der Waals surface area contributed by atoms with Crippen molar-refractivity contribution in [2.75, 3.05) is 37.6 Å². The van der Waals surface area contributed by atoms with Crippen LogP contribution in [0.25, 0.3) is 0 Å². The summed E-state index contributed by atoms with van der Waals surface area (Å²) in [5, 5.41) is 3.42. The lowest BCUT2D eigenvalue weighted by atomic mass is 10.2. The minimum Gasteiger partial charge on any atom is -0.491 e. The molecule has 2 aromatic rings. The summed E-state index contributed by atoms with van der Waals surface area (Å²) in [6.45, 7) is 11.2. The van der Waals surface area contributed by atoms with Crippen molar-refractivity contribution >= 4 is 35.9 Å². The van der Waals surface area contributed by atoms with Crippen molar-refractivity contribution in [3.05, 3.63) is 48.3 Å². The molecule has 0 atom stereocenters. The third-order valence-corrected chi connectivity index (χ3v) is 4.46. The molecule has 0 radical (unpaired) electrons. The Bertz CT molecular complexity index is 746. The fraction of sp³-hybridized carbons (Fsp3) is 0.476. The fourth-order valence-electron chi connectivity index (χ4n) is 3.11. The second-order valence-corrected chi connectivity index (χ2v) is 7.00. The summed E-state index contributed by atoms with van der Waals surface area (Å²) in [6.07, 6.45) is 3.76. The van der Waals surface area contributed by atoms with Gasteiger partial charge in [-0.25, -0.2) is 15.0 Å². The molecule has 3 rings (SSSR count). The van der Waals surface area contributed by atoms with Crippen LogP contribution in [-0.2, 0) is 6.54 Å². The van der Waals surface area contributed by atoms with E-state index in [-0.39, 0.29) is 30.1 Å². The Labute approximate surface area is 190 Å². The van der Waals surface area contributed by atoms with E-state index in [1.165, 1.54) is 5.56 Å². The fourth-order valence-corrected chi connectivity index (χ4v) is 3.11. The highest BCUT2D eigenvalue weighted by Crippen LogP contribution is 2.15. The maximum Gasteiger partial charge on any atom is 0.225 e. The first-order chi connectivity index (χ1) is 13.7. The molecule has 1 aromatic carbocycles. The number of anilines is 1. The monoisotopic (exact) mass is 510 g/mol. The van der Waals surface area contributed by atoms with Gasteiger partial charge in [-0.1, -0.05) is 12.1 Å².